The second kappa shape index (κ2) is 4.63. The Hall–Kier alpha value is -1.39. The fraction of sp³-hybridized carbons (Fsp3) is 0.100. The second-order valence-electron chi connectivity index (χ2n) is 3.16. The SMILES string of the molecule is O=Cc1cn(Cc2c(Cl)cccc2Cl)nn1. The summed E-state index contributed by atoms with van der Waals surface area (Å²) < 4.78 is 1.51. The summed E-state index contributed by atoms with van der Waals surface area (Å²) in [6.45, 7) is 0.388. The number of benzene rings is 1. The highest BCUT2D eigenvalue weighted by molar-refractivity contribution is 6.35. The van der Waals surface area contributed by atoms with Crippen molar-refractivity contribution in [1.29, 1.82) is 0 Å². The molecule has 0 aliphatic carbocycles. The van der Waals surface area contributed by atoms with Gasteiger partial charge in [-0.3, -0.25) is 4.79 Å². The number of carbonyl (C=O) groups excluding carboxylic acids is 1. The standard InChI is InChI=1S/C10H7Cl2N3O/c11-9-2-1-3-10(12)8(9)5-15-4-7(6-16)13-14-15/h1-4,6H,5H2. The van der Waals surface area contributed by atoms with Gasteiger partial charge < -0.3 is 0 Å². The number of halogens is 2. The van der Waals surface area contributed by atoms with E-state index in [0.29, 0.717) is 22.9 Å². The Bertz CT molecular complexity index is 504. The van der Waals surface area contributed by atoms with E-state index in [9.17, 15) is 4.79 Å². The van der Waals surface area contributed by atoms with Crippen LogP contribution in [0.2, 0.25) is 10.0 Å². The van der Waals surface area contributed by atoms with Crippen LogP contribution >= 0.6 is 23.2 Å². The van der Waals surface area contributed by atoms with Crippen LogP contribution in [0, 0.1) is 0 Å². The highest BCUT2D eigenvalue weighted by Gasteiger charge is 2.07. The lowest BCUT2D eigenvalue weighted by atomic mass is 10.2. The summed E-state index contributed by atoms with van der Waals surface area (Å²) in [5, 5.41) is 8.56. The minimum atomic E-state index is 0.281. The van der Waals surface area contributed by atoms with Gasteiger partial charge in [0, 0.05) is 15.6 Å². The first-order chi connectivity index (χ1) is 7.70. The molecule has 0 spiro atoms. The number of aldehydes is 1. The summed E-state index contributed by atoms with van der Waals surface area (Å²) in [6.07, 6.45) is 2.17. The van der Waals surface area contributed by atoms with Crippen LogP contribution in [0.1, 0.15) is 16.1 Å². The number of rotatable bonds is 3. The minimum absolute atomic E-state index is 0.281. The van der Waals surface area contributed by atoms with Gasteiger partial charge in [0.25, 0.3) is 0 Å². The number of hydrogen-bond donors (Lipinski definition) is 0. The first-order valence-electron chi connectivity index (χ1n) is 4.49. The smallest absolute Gasteiger partial charge is 0.171 e. The third kappa shape index (κ3) is 2.23. The van der Waals surface area contributed by atoms with E-state index in [4.69, 9.17) is 23.2 Å². The molecule has 0 fully saturated rings. The second-order valence-corrected chi connectivity index (χ2v) is 3.97. The normalized spacial score (nSPS) is 10.4. The zero-order chi connectivity index (χ0) is 11.5. The maximum absolute atomic E-state index is 10.4. The number of nitrogens with zero attached hydrogens (tertiary/aromatic N) is 3. The molecule has 0 amide bonds. The predicted octanol–water partition coefficient (Wildman–Crippen LogP) is 2.45. The van der Waals surface area contributed by atoms with Crippen LogP contribution in [0.15, 0.2) is 24.4 Å². The molecule has 0 bridgehead atoms. The minimum Gasteiger partial charge on any atom is -0.296 e. The fourth-order valence-electron chi connectivity index (χ4n) is 1.29. The molecule has 0 saturated heterocycles. The van der Waals surface area contributed by atoms with Crippen LogP contribution < -0.4 is 0 Å². The van der Waals surface area contributed by atoms with E-state index in [1.807, 2.05) is 0 Å². The molecular weight excluding hydrogens is 249 g/mol. The molecular formula is C10H7Cl2N3O. The summed E-state index contributed by atoms with van der Waals surface area (Å²) in [5.41, 5.74) is 1.04. The van der Waals surface area contributed by atoms with Crippen molar-refractivity contribution in [2.75, 3.05) is 0 Å². The Balaban J connectivity index is 2.29. The molecule has 1 aromatic carbocycles. The molecule has 0 aliphatic heterocycles. The number of carbonyl (C=O) groups is 1. The molecule has 2 rings (SSSR count). The van der Waals surface area contributed by atoms with E-state index in [-0.39, 0.29) is 5.69 Å². The maximum Gasteiger partial charge on any atom is 0.171 e. The molecule has 2 aromatic rings. The number of aromatic nitrogens is 3. The average molecular weight is 256 g/mol. The van der Waals surface area contributed by atoms with Crippen LogP contribution in [0.3, 0.4) is 0 Å². The van der Waals surface area contributed by atoms with Gasteiger partial charge in [-0.05, 0) is 12.1 Å². The lowest BCUT2D eigenvalue weighted by Gasteiger charge is -2.05. The molecule has 0 radical (unpaired) electrons. The third-order valence-electron chi connectivity index (χ3n) is 2.06. The van der Waals surface area contributed by atoms with E-state index >= 15 is 0 Å². The van der Waals surface area contributed by atoms with Crippen molar-refractivity contribution in [1.82, 2.24) is 15.0 Å². The molecule has 0 atom stereocenters. The van der Waals surface area contributed by atoms with Gasteiger partial charge in [-0.1, -0.05) is 34.5 Å². The summed E-state index contributed by atoms with van der Waals surface area (Å²) in [6, 6.07) is 5.27. The predicted molar refractivity (Wildman–Crippen MR) is 61.0 cm³/mol. The molecule has 1 heterocycles. The summed E-state index contributed by atoms with van der Waals surface area (Å²) in [7, 11) is 0. The van der Waals surface area contributed by atoms with E-state index in [1.165, 1.54) is 10.9 Å². The Labute approximate surface area is 102 Å². The van der Waals surface area contributed by atoms with Gasteiger partial charge in [0.1, 0.15) is 5.69 Å². The van der Waals surface area contributed by atoms with Crippen LogP contribution in [0.4, 0.5) is 0 Å². The topological polar surface area (TPSA) is 47.8 Å². The third-order valence-corrected chi connectivity index (χ3v) is 2.77. The Morgan fingerprint density at radius 2 is 2.00 bits per heavy atom. The van der Waals surface area contributed by atoms with Gasteiger partial charge in [0.15, 0.2) is 6.29 Å². The van der Waals surface area contributed by atoms with Crippen molar-refractivity contribution in [2.45, 2.75) is 6.54 Å². The van der Waals surface area contributed by atoms with Crippen molar-refractivity contribution in [3.63, 3.8) is 0 Å². The molecule has 4 nitrogen and oxygen atoms in total. The zero-order valence-electron chi connectivity index (χ0n) is 8.10. The van der Waals surface area contributed by atoms with Crippen molar-refractivity contribution >= 4 is 29.5 Å². The largest absolute Gasteiger partial charge is 0.296 e. The van der Waals surface area contributed by atoms with Crippen LogP contribution in [0.5, 0.6) is 0 Å². The molecule has 0 saturated carbocycles. The summed E-state index contributed by atoms with van der Waals surface area (Å²) in [5.74, 6) is 0. The zero-order valence-corrected chi connectivity index (χ0v) is 9.61. The quantitative estimate of drug-likeness (QED) is 0.792. The fourth-order valence-corrected chi connectivity index (χ4v) is 1.81. The van der Waals surface area contributed by atoms with Gasteiger partial charge in [-0.25, -0.2) is 4.68 Å². The Kier molecular flexibility index (Phi) is 3.22. The summed E-state index contributed by atoms with van der Waals surface area (Å²) >= 11 is 12.0. The first kappa shape index (κ1) is 11.1. The van der Waals surface area contributed by atoms with Gasteiger partial charge >= 0.3 is 0 Å². The van der Waals surface area contributed by atoms with E-state index in [2.05, 4.69) is 10.3 Å². The van der Waals surface area contributed by atoms with Crippen molar-refractivity contribution in [3.05, 3.63) is 45.7 Å². The highest BCUT2D eigenvalue weighted by Crippen LogP contribution is 2.24. The first-order valence-corrected chi connectivity index (χ1v) is 5.24. The molecule has 0 aliphatic rings. The summed E-state index contributed by atoms with van der Waals surface area (Å²) in [4.78, 5) is 10.4. The highest BCUT2D eigenvalue weighted by atomic mass is 35.5. The van der Waals surface area contributed by atoms with Crippen LogP contribution in [0.25, 0.3) is 0 Å². The Morgan fingerprint density at radius 1 is 1.31 bits per heavy atom. The number of hydrogen-bond acceptors (Lipinski definition) is 3. The van der Waals surface area contributed by atoms with Crippen molar-refractivity contribution < 1.29 is 4.79 Å². The van der Waals surface area contributed by atoms with Crippen LogP contribution in [-0.2, 0) is 6.54 Å². The van der Waals surface area contributed by atoms with Crippen molar-refractivity contribution in [3.8, 4) is 0 Å². The molecule has 1 aromatic heterocycles. The molecule has 16 heavy (non-hydrogen) atoms. The van der Waals surface area contributed by atoms with Gasteiger partial charge in [0.05, 0.1) is 12.7 Å². The van der Waals surface area contributed by atoms with Gasteiger partial charge in [0.2, 0.25) is 0 Å². The Morgan fingerprint density at radius 3 is 2.56 bits per heavy atom. The molecule has 82 valence electrons. The lowest BCUT2D eigenvalue weighted by molar-refractivity contribution is 0.111. The van der Waals surface area contributed by atoms with Crippen molar-refractivity contribution in [2.24, 2.45) is 0 Å². The average Bonchev–Trinajstić information content (AvgIpc) is 2.71. The molecule has 0 N–H and O–H groups in total. The monoisotopic (exact) mass is 255 g/mol. The van der Waals surface area contributed by atoms with E-state index in [0.717, 1.165) is 5.56 Å². The van der Waals surface area contributed by atoms with E-state index in [1.54, 1.807) is 18.2 Å². The van der Waals surface area contributed by atoms with Gasteiger partial charge in [-0.2, -0.15) is 0 Å². The molecule has 6 heteroatoms. The van der Waals surface area contributed by atoms with Crippen LogP contribution in [-0.4, -0.2) is 21.3 Å². The van der Waals surface area contributed by atoms with Gasteiger partial charge in [-0.15, -0.1) is 5.10 Å². The maximum atomic E-state index is 10.4. The lowest BCUT2D eigenvalue weighted by Crippen LogP contribution is -2.01. The van der Waals surface area contributed by atoms with E-state index < -0.39 is 0 Å². The molecule has 0 unspecified atom stereocenters.